The summed E-state index contributed by atoms with van der Waals surface area (Å²) >= 11 is 6.03. The van der Waals surface area contributed by atoms with Crippen molar-refractivity contribution < 1.29 is 0 Å². The molecule has 0 bridgehead atoms. The molecule has 0 spiro atoms. The number of rotatable bonds is 4. The molecule has 1 heterocycles. The minimum absolute atomic E-state index is 0.0219. The lowest BCUT2D eigenvalue weighted by molar-refractivity contribution is 0.581. The number of hydrogen-bond acceptors (Lipinski definition) is 3. The molecule has 1 aromatic rings. The maximum absolute atomic E-state index is 8.67. The third kappa shape index (κ3) is 4.20. The Balaban J connectivity index is 2.91. The molecule has 0 saturated carbocycles. The molecule has 0 aliphatic carbocycles. The van der Waals surface area contributed by atoms with Crippen molar-refractivity contribution in [3.63, 3.8) is 0 Å². The number of nitrogens with zero attached hydrogens (tertiary/aromatic N) is 3. The van der Waals surface area contributed by atoms with Crippen molar-refractivity contribution in [2.75, 3.05) is 0 Å². The second kappa shape index (κ2) is 6.79. The van der Waals surface area contributed by atoms with Crippen LogP contribution in [0.15, 0.2) is 17.7 Å². The van der Waals surface area contributed by atoms with Gasteiger partial charge in [-0.05, 0) is 30.9 Å². The van der Waals surface area contributed by atoms with Gasteiger partial charge in [-0.15, -0.1) is 0 Å². The molecule has 1 rings (SSSR count). The van der Waals surface area contributed by atoms with E-state index in [1.807, 2.05) is 6.07 Å². The molecular formula is C14H14ClN3. The Kier molecular flexibility index (Phi) is 5.36. The van der Waals surface area contributed by atoms with Crippen molar-refractivity contribution >= 4 is 17.7 Å². The Morgan fingerprint density at radius 3 is 2.56 bits per heavy atom. The lowest BCUT2D eigenvalue weighted by atomic mass is 10.1. The van der Waals surface area contributed by atoms with Crippen LogP contribution in [0.3, 0.4) is 0 Å². The van der Waals surface area contributed by atoms with Gasteiger partial charge in [-0.3, -0.25) is 0 Å². The topological polar surface area (TPSA) is 60.5 Å². The third-order valence-electron chi connectivity index (χ3n) is 2.45. The van der Waals surface area contributed by atoms with Crippen molar-refractivity contribution in [2.45, 2.75) is 26.7 Å². The Labute approximate surface area is 112 Å². The highest BCUT2D eigenvalue weighted by Gasteiger charge is 2.04. The van der Waals surface area contributed by atoms with Crippen LogP contribution in [-0.2, 0) is 6.42 Å². The average Bonchev–Trinajstić information content (AvgIpc) is 2.35. The zero-order valence-corrected chi connectivity index (χ0v) is 11.2. The fourth-order valence-electron chi connectivity index (χ4n) is 1.41. The van der Waals surface area contributed by atoms with Crippen molar-refractivity contribution in [3.8, 4) is 12.1 Å². The van der Waals surface area contributed by atoms with E-state index in [-0.39, 0.29) is 5.57 Å². The van der Waals surface area contributed by atoms with Gasteiger partial charge in [-0.2, -0.15) is 10.5 Å². The number of aromatic nitrogens is 1. The second-order valence-corrected chi connectivity index (χ2v) is 4.75. The maximum atomic E-state index is 8.67. The highest BCUT2D eigenvalue weighted by Crippen LogP contribution is 2.18. The standard InChI is InChI=1S/C14H14ClN3/c1-10(2)3-5-13-6-4-12(14(15)18-13)7-11(8-16)9-17/h4,6-7,10H,3,5H2,1-2H3. The van der Waals surface area contributed by atoms with Crippen molar-refractivity contribution in [2.24, 2.45) is 5.92 Å². The average molecular weight is 260 g/mol. The summed E-state index contributed by atoms with van der Waals surface area (Å²) in [5.41, 5.74) is 1.55. The van der Waals surface area contributed by atoms with Crippen LogP contribution in [0.2, 0.25) is 5.15 Å². The summed E-state index contributed by atoms with van der Waals surface area (Å²) in [4.78, 5) is 4.27. The Morgan fingerprint density at radius 1 is 1.39 bits per heavy atom. The van der Waals surface area contributed by atoms with Crippen LogP contribution < -0.4 is 0 Å². The predicted molar refractivity (Wildman–Crippen MR) is 71.6 cm³/mol. The number of halogens is 1. The van der Waals surface area contributed by atoms with E-state index in [1.165, 1.54) is 6.08 Å². The summed E-state index contributed by atoms with van der Waals surface area (Å²) in [5, 5.41) is 17.7. The van der Waals surface area contributed by atoms with Crippen LogP contribution in [0.25, 0.3) is 6.08 Å². The number of pyridine rings is 1. The van der Waals surface area contributed by atoms with Gasteiger partial charge >= 0.3 is 0 Å². The summed E-state index contributed by atoms with van der Waals surface area (Å²) in [6.45, 7) is 4.32. The quantitative estimate of drug-likeness (QED) is 0.611. The molecular weight excluding hydrogens is 246 g/mol. The van der Waals surface area contributed by atoms with Crippen LogP contribution in [0.5, 0.6) is 0 Å². The molecule has 0 amide bonds. The first-order valence-corrected chi connectivity index (χ1v) is 6.12. The fourth-order valence-corrected chi connectivity index (χ4v) is 1.64. The van der Waals surface area contributed by atoms with Gasteiger partial charge in [0.15, 0.2) is 0 Å². The molecule has 0 aromatic carbocycles. The Morgan fingerprint density at radius 2 is 2.06 bits per heavy atom. The van der Waals surface area contributed by atoms with E-state index < -0.39 is 0 Å². The third-order valence-corrected chi connectivity index (χ3v) is 2.76. The molecule has 0 aliphatic rings. The molecule has 4 heteroatoms. The van der Waals surface area contributed by atoms with E-state index in [4.69, 9.17) is 22.1 Å². The molecule has 1 aromatic heterocycles. The van der Waals surface area contributed by atoms with Gasteiger partial charge in [0.2, 0.25) is 0 Å². The maximum Gasteiger partial charge on any atom is 0.136 e. The van der Waals surface area contributed by atoms with Gasteiger partial charge < -0.3 is 0 Å². The minimum Gasteiger partial charge on any atom is -0.241 e. The van der Waals surface area contributed by atoms with Crippen molar-refractivity contribution in [1.82, 2.24) is 4.98 Å². The van der Waals surface area contributed by atoms with Gasteiger partial charge in [0, 0.05) is 11.3 Å². The molecule has 18 heavy (non-hydrogen) atoms. The second-order valence-electron chi connectivity index (χ2n) is 4.40. The van der Waals surface area contributed by atoms with E-state index in [9.17, 15) is 0 Å². The molecule has 0 fully saturated rings. The van der Waals surface area contributed by atoms with Crippen LogP contribution in [0, 0.1) is 28.6 Å². The summed E-state index contributed by atoms with van der Waals surface area (Å²) in [5.74, 6) is 0.619. The lowest BCUT2D eigenvalue weighted by Crippen LogP contribution is -1.96. The van der Waals surface area contributed by atoms with Crippen LogP contribution in [0.4, 0.5) is 0 Å². The first kappa shape index (κ1) is 14.2. The monoisotopic (exact) mass is 259 g/mol. The molecule has 0 radical (unpaired) electrons. The highest BCUT2D eigenvalue weighted by atomic mass is 35.5. The van der Waals surface area contributed by atoms with E-state index in [0.29, 0.717) is 16.6 Å². The van der Waals surface area contributed by atoms with Crippen LogP contribution in [-0.4, -0.2) is 4.98 Å². The lowest BCUT2D eigenvalue weighted by Gasteiger charge is -2.05. The van der Waals surface area contributed by atoms with Crippen molar-refractivity contribution in [3.05, 3.63) is 34.1 Å². The molecule has 0 unspecified atom stereocenters. The smallest absolute Gasteiger partial charge is 0.136 e. The summed E-state index contributed by atoms with van der Waals surface area (Å²) in [6, 6.07) is 7.26. The van der Waals surface area contributed by atoms with Crippen LogP contribution >= 0.6 is 11.6 Å². The molecule has 3 nitrogen and oxygen atoms in total. The minimum atomic E-state index is 0.0219. The number of allylic oxidation sites excluding steroid dienone is 1. The highest BCUT2D eigenvalue weighted by molar-refractivity contribution is 6.30. The number of hydrogen-bond donors (Lipinski definition) is 0. The van der Waals surface area contributed by atoms with E-state index in [1.54, 1.807) is 18.2 Å². The van der Waals surface area contributed by atoms with Gasteiger partial charge in [0.25, 0.3) is 0 Å². The van der Waals surface area contributed by atoms with E-state index >= 15 is 0 Å². The number of nitriles is 2. The van der Waals surface area contributed by atoms with E-state index in [2.05, 4.69) is 18.8 Å². The van der Waals surface area contributed by atoms with Gasteiger partial charge in [-0.1, -0.05) is 31.5 Å². The molecule has 92 valence electrons. The summed E-state index contributed by atoms with van der Waals surface area (Å²) < 4.78 is 0. The molecule has 0 aliphatic heterocycles. The Hall–Kier alpha value is -1.84. The zero-order chi connectivity index (χ0) is 13.5. The molecule has 0 atom stereocenters. The first-order chi connectivity index (χ1) is 8.56. The normalized spacial score (nSPS) is 9.67. The van der Waals surface area contributed by atoms with Gasteiger partial charge in [0.1, 0.15) is 22.9 Å². The largest absolute Gasteiger partial charge is 0.241 e. The SMILES string of the molecule is CC(C)CCc1ccc(C=C(C#N)C#N)c(Cl)n1. The van der Waals surface area contributed by atoms with Crippen molar-refractivity contribution in [1.29, 1.82) is 10.5 Å². The summed E-state index contributed by atoms with van der Waals surface area (Å²) in [7, 11) is 0. The van der Waals surface area contributed by atoms with E-state index in [0.717, 1.165) is 18.5 Å². The Bertz CT molecular complexity index is 517. The zero-order valence-electron chi connectivity index (χ0n) is 10.4. The van der Waals surface area contributed by atoms with Crippen LogP contribution in [0.1, 0.15) is 31.5 Å². The van der Waals surface area contributed by atoms with Gasteiger partial charge in [0.05, 0.1) is 0 Å². The van der Waals surface area contributed by atoms with Gasteiger partial charge in [-0.25, -0.2) is 4.98 Å². The first-order valence-electron chi connectivity index (χ1n) is 5.74. The molecule has 0 N–H and O–H groups in total. The fraction of sp³-hybridized carbons (Fsp3) is 0.357. The molecule has 0 saturated heterocycles. The number of aryl methyl sites for hydroxylation is 1. The predicted octanol–water partition coefficient (Wildman–Crippen LogP) is 3.75. The summed E-state index contributed by atoms with van der Waals surface area (Å²) in [6.07, 6.45) is 3.38.